The second-order valence-corrected chi connectivity index (χ2v) is 9.54. The number of halogens is 2. The van der Waals surface area contributed by atoms with Gasteiger partial charge in [0.15, 0.2) is 0 Å². The summed E-state index contributed by atoms with van der Waals surface area (Å²) in [5.74, 6) is -0.301. The SMILES string of the molecule is COc1ccc(NC(=O)c2c(Nc3ccc(C)cc3)sc(C(=O)c3ccc(Cl)cc3)c2N)cc1Cl. The van der Waals surface area contributed by atoms with Crippen molar-refractivity contribution in [1.29, 1.82) is 0 Å². The highest BCUT2D eigenvalue weighted by Crippen LogP contribution is 2.39. The van der Waals surface area contributed by atoms with Gasteiger partial charge in [-0.1, -0.05) is 40.9 Å². The molecule has 0 saturated heterocycles. The molecule has 0 atom stereocenters. The number of ketones is 1. The van der Waals surface area contributed by atoms with Crippen LogP contribution in [0.15, 0.2) is 66.7 Å². The number of methoxy groups -OCH3 is 1. The molecule has 9 heteroatoms. The Morgan fingerprint density at radius 3 is 2.23 bits per heavy atom. The second kappa shape index (κ2) is 10.4. The lowest BCUT2D eigenvalue weighted by molar-refractivity contribution is 0.102. The van der Waals surface area contributed by atoms with Gasteiger partial charge in [-0.2, -0.15) is 0 Å². The van der Waals surface area contributed by atoms with Crippen molar-refractivity contribution in [3.05, 3.63) is 98.3 Å². The van der Waals surface area contributed by atoms with Gasteiger partial charge < -0.3 is 21.1 Å². The van der Waals surface area contributed by atoms with Gasteiger partial charge in [0.25, 0.3) is 5.91 Å². The lowest BCUT2D eigenvalue weighted by atomic mass is 10.1. The Kier molecular flexibility index (Phi) is 7.31. The summed E-state index contributed by atoms with van der Waals surface area (Å²) < 4.78 is 5.16. The number of carbonyl (C=O) groups excluding carboxylic acids is 2. The molecule has 0 unspecified atom stereocenters. The van der Waals surface area contributed by atoms with Crippen molar-refractivity contribution in [2.75, 3.05) is 23.5 Å². The smallest absolute Gasteiger partial charge is 0.260 e. The maximum absolute atomic E-state index is 13.4. The van der Waals surface area contributed by atoms with E-state index in [1.54, 1.807) is 42.5 Å². The number of aryl methyl sites for hydroxylation is 1. The summed E-state index contributed by atoms with van der Waals surface area (Å²) in [4.78, 5) is 26.8. The Morgan fingerprint density at radius 2 is 1.60 bits per heavy atom. The molecule has 6 nitrogen and oxygen atoms in total. The zero-order chi connectivity index (χ0) is 25.1. The third kappa shape index (κ3) is 5.43. The van der Waals surface area contributed by atoms with Crippen LogP contribution < -0.4 is 21.1 Å². The lowest BCUT2D eigenvalue weighted by Gasteiger charge is -2.11. The van der Waals surface area contributed by atoms with Crippen LogP contribution in [0.4, 0.5) is 22.1 Å². The molecule has 4 aromatic rings. The molecule has 0 aliphatic rings. The standard InChI is InChI=1S/C26H21Cl2N3O3S/c1-14-3-9-17(10-4-14)31-26-21(25(33)30-18-11-12-20(34-2)19(28)13-18)22(29)24(35-26)23(32)15-5-7-16(27)8-6-15/h3-13,31H,29H2,1-2H3,(H,30,33). The first kappa shape index (κ1) is 24.6. The summed E-state index contributed by atoms with van der Waals surface area (Å²) in [5.41, 5.74) is 9.37. The van der Waals surface area contributed by atoms with Crippen LogP contribution in [0.25, 0.3) is 0 Å². The molecular formula is C26H21Cl2N3O3S. The topological polar surface area (TPSA) is 93.5 Å². The average molecular weight is 526 g/mol. The van der Waals surface area contributed by atoms with Crippen molar-refractivity contribution >= 4 is 68.3 Å². The van der Waals surface area contributed by atoms with Gasteiger partial charge >= 0.3 is 0 Å². The van der Waals surface area contributed by atoms with Gasteiger partial charge in [-0.25, -0.2) is 0 Å². The van der Waals surface area contributed by atoms with Crippen LogP contribution in [0, 0.1) is 6.92 Å². The van der Waals surface area contributed by atoms with Gasteiger partial charge in [0.1, 0.15) is 15.6 Å². The van der Waals surface area contributed by atoms with E-state index in [-0.39, 0.29) is 21.9 Å². The minimum atomic E-state index is -0.482. The van der Waals surface area contributed by atoms with Crippen LogP contribution >= 0.6 is 34.5 Å². The highest BCUT2D eigenvalue weighted by Gasteiger charge is 2.27. The molecule has 35 heavy (non-hydrogen) atoms. The number of amides is 1. The number of hydrogen-bond donors (Lipinski definition) is 3. The molecule has 0 bridgehead atoms. The third-order valence-electron chi connectivity index (χ3n) is 5.20. The first-order valence-corrected chi connectivity index (χ1v) is 12.0. The van der Waals surface area contributed by atoms with E-state index in [4.69, 9.17) is 33.7 Å². The van der Waals surface area contributed by atoms with Crippen LogP contribution in [-0.4, -0.2) is 18.8 Å². The van der Waals surface area contributed by atoms with Gasteiger partial charge in [-0.3, -0.25) is 9.59 Å². The average Bonchev–Trinajstić information content (AvgIpc) is 3.16. The van der Waals surface area contributed by atoms with E-state index in [0.29, 0.717) is 32.0 Å². The largest absolute Gasteiger partial charge is 0.495 e. The van der Waals surface area contributed by atoms with Crippen LogP contribution in [-0.2, 0) is 0 Å². The molecule has 0 spiro atoms. The summed E-state index contributed by atoms with van der Waals surface area (Å²) in [7, 11) is 1.51. The fourth-order valence-electron chi connectivity index (χ4n) is 3.36. The maximum Gasteiger partial charge on any atom is 0.260 e. The van der Waals surface area contributed by atoms with Crippen molar-refractivity contribution < 1.29 is 14.3 Å². The molecule has 1 aromatic heterocycles. The van der Waals surface area contributed by atoms with Crippen molar-refractivity contribution in [1.82, 2.24) is 0 Å². The highest BCUT2D eigenvalue weighted by molar-refractivity contribution is 7.19. The molecule has 4 rings (SSSR count). The van der Waals surface area contributed by atoms with Crippen LogP contribution in [0.2, 0.25) is 10.0 Å². The van der Waals surface area contributed by atoms with Crippen LogP contribution in [0.5, 0.6) is 5.75 Å². The first-order valence-electron chi connectivity index (χ1n) is 10.5. The van der Waals surface area contributed by atoms with E-state index in [1.165, 1.54) is 7.11 Å². The number of ether oxygens (including phenoxy) is 1. The molecular weight excluding hydrogens is 505 g/mol. The van der Waals surface area contributed by atoms with Crippen molar-refractivity contribution in [3.8, 4) is 5.75 Å². The summed E-state index contributed by atoms with van der Waals surface area (Å²) >= 11 is 13.3. The summed E-state index contributed by atoms with van der Waals surface area (Å²) in [6.45, 7) is 1.98. The summed E-state index contributed by atoms with van der Waals surface area (Å²) in [5, 5.41) is 7.34. The van der Waals surface area contributed by atoms with Crippen molar-refractivity contribution in [2.24, 2.45) is 0 Å². The normalized spacial score (nSPS) is 10.6. The monoisotopic (exact) mass is 525 g/mol. The zero-order valence-corrected chi connectivity index (χ0v) is 21.1. The molecule has 0 aliphatic carbocycles. The molecule has 4 N–H and O–H groups in total. The molecule has 1 amide bonds. The van der Waals surface area contributed by atoms with E-state index >= 15 is 0 Å². The van der Waals surface area contributed by atoms with E-state index in [2.05, 4.69) is 10.6 Å². The molecule has 1 heterocycles. The Labute approximate surface area is 216 Å². The highest BCUT2D eigenvalue weighted by atomic mass is 35.5. The molecule has 3 aromatic carbocycles. The molecule has 0 saturated carbocycles. The number of nitrogen functional groups attached to an aromatic ring is 1. The zero-order valence-electron chi connectivity index (χ0n) is 18.8. The molecule has 178 valence electrons. The van der Waals surface area contributed by atoms with Crippen LogP contribution in [0.1, 0.15) is 31.2 Å². The van der Waals surface area contributed by atoms with Gasteiger partial charge in [-0.15, -0.1) is 11.3 Å². The van der Waals surface area contributed by atoms with E-state index in [9.17, 15) is 9.59 Å². The van der Waals surface area contributed by atoms with E-state index in [1.807, 2.05) is 31.2 Å². The minimum Gasteiger partial charge on any atom is -0.495 e. The number of hydrogen-bond acceptors (Lipinski definition) is 6. The van der Waals surface area contributed by atoms with E-state index < -0.39 is 5.91 Å². The van der Waals surface area contributed by atoms with Gasteiger partial charge in [0.2, 0.25) is 5.78 Å². The fourth-order valence-corrected chi connectivity index (χ4v) is 4.85. The number of nitrogens with two attached hydrogens (primary N) is 1. The third-order valence-corrected chi connectivity index (χ3v) is 6.87. The molecule has 0 aliphatic heterocycles. The number of thiophene rings is 1. The number of carbonyl (C=O) groups is 2. The van der Waals surface area contributed by atoms with Gasteiger partial charge in [0, 0.05) is 22.0 Å². The number of nitrogens with one attached hydrogen (secondary N) is 2. The maximum atomic E-state index is 13.4. The predicted octanol–water partition coefficient (Wildman–Crippen LogP) is 7.18. The first-order chi connectivity index (χ1) is 16.8. The Balaban J connectivity index is 1.73. The summed E-state index contributed by atoms with van der Waals surface area (Å²) in [6, 6.07) is 19.0. The van der Waals surface area contributed by atoms with Gasteiger partial charge in [0.05, 0.1) is 23.4 Å². The van der Waals surface area contributed by atoms with Gasteiger partial charge in [-0.05, 0) is 61.5 Å². The summed E-state index contributed by atoms with van der Waals surface area (Å²) in [6.07, 6.45) is 0. The minimum absolute atomic E-state index is 0.0849. The van der Waals surface area contributed by atoms with E-state index in [0.717, 1.165) is 22.6 Å². The lowest BCUT2D eigenvalue weighted by Crippen LogP contribution is -2.15. The fraction of sp³-hybridized carbons (Fsp3) is 0.0769. The molecule has 0 radical (unpaired) electrons. The number of rotatable bonds is 7. The second-order valence-electron chi connectivity index (χ2n) is 7.68. The number of anilines is 4. The Bertz CT molecular complexity index is 1400. The molecule has 0 fully saturated rings. The Morgan fingerprint density at radius 1 is 0.943 bits per heavy atom. The quantitative estimate of drug-likeness (QED) is 0.222. The Hall–Kier alpha value is -3.52. The van der Waals surface area contributed by atoms with Crippen molar-refractivity contribution in [2.45, 2.75) is 6.92 Å². The van der Waals surface area contributed by atoms with Crippen LogP contribution in [0.3, 0.4) is 0 Å². The predicted molar refractivity (Wildman–Crippen MR) is 144 cm³/mol. The van der Waals surface area contributed by atoms with Crippen molar-refractivity contribution in [3.63, 3.8) is 0 Å². The number of benzene rings is 3.